The lowest BCUT2D eigenvalue weighted by Gasteiger charge is -2.55. The highest BCUT2D eigenvalue weighted by Crippen LogP contribution is 2.60. The van der Waals surface area contributed by atoms with Gasteiger partial charge in [-0.25, -0.2) is 4.79 Å². The second-order valence-electron chi connectivity index (χ2n) is 8.29. The van der Waals surface area contributed by atoms with Crippen molar-refractivity contribution in [2.45, 2.75) is 45.1 Å². The monoisotopic (exact) mass is 375 g/mol. The van der Waals surface area contributed by atoms with Crippen molar-refractivity contribution in [1.29, 1.82) is 0 Å². The number of methoxy groups -OCH3 is 1. The fourth-order valence-corrected chi connectivity index (χ4v) is 5.67. The maximum absolute atomic E-state index is 12.8. The summed E-state index contributed by atoms with van der Waals surface area (Å²) >= 11 is 0. The second-order valence-corrected chi connectivity index (χ2v) is 8.29. The Balaban J connectivity index is 1.28. The van der Waals surface area contributed by atoms with Crippen molar-refractivity contribution < 1.29 is 28.3 Å². The number of nitrogens with one attached hydrogen (secondary N) is 1. The molecular weight excluding hydrogens is 350 g/mol. The van der Waals surface area contributed by atoms with E-state index in [1.54, 1.807) is 0 Å². The van der Waals surface area contributed by atoms with Crippen LogP contribution < -0.4 is 5.32 Å². The molecule has 1 amide bonds. The minimum atomic E-state index is -0.555. The van der Waals surface area contributed by atoms with Crippen LogP contribution in [0.1, 0.15) is 54.6 Å². The van der Waals surface area contributed by atoms with Gasteiger partial charge in [0, 0.05) is 5.41 Å². The third-order valence-electron chi connectivity index (χ3n) is 6.43. The van der Waals surface area contributed by atoms with Gasteiger partial charge in [0.15, 0.2) is 5.76 Å². The zero-order chi connectivity index (χ0) is 19.0. The van der Waals surface area contributed by atoms with Crippen molar-refractivity contribution >= 4 is 17.8 Å². The van der Waals surface area contributed by atoms with Crippen LogP contribution in [0.4, 0.5) is 0 Å². The molecule has 0 saturated heterocycles. The molecule has 0 spiro atoms. The maximum Gasteiger partial charge on any atom is 0.341 e. The Morgan fingerprint density at radius 1 is 1.15 bits per heavy atom. The Morgan fingerprint density at radius 2 is 1.78 bits per heavy atom. The summed E-state index contributed by atoms with van der Waals surface area (Å²) in [6.45, 7) is -0.349. The highest BCUT2D eigenvalue weighted by molar-refractivity contribution is 5.90. The SMILES string of the molecule is COC(=O)c1ccoc1COC(=O)CNC(=O)C12CC3CC(CC(C3)C1)C2. The summed E-state index contributed by atoms with van der Waals surface area (Å²) in [6, 6.07) is 1.46. The largest absolute Gasteiger partial charge is 0.465 e. The first kappa shape index (κ1) is 18.1. The lowest BCUT2D eigenvalue weighted by atomic mass is 9.49. The highest BCUT2D eigenvalue weighted by Gasteiger charge is 2.54. The molecule has 4 aliphatic rings. The molecule has 0 aromatic carbocycles. The number of amides is 1. The van der Waals surface area contributed by atoms with Crippen LogP contribution in [0.2, 0.25) is 0 Å². The molecule has 1 N–H and O–H groups in total. The molecule has 1 aromatic rings. The molecule has 1 aromatic heterocycles. The van der Waals surface area contributed by atoms with Gasteiger partial charge in [-0.2, -0.15) is 0 Å². The van der Waals surface area contributed by atoms with E-state index in [-0.39, 0.29) is 35.8 Å². The molecule has 4 aliphatic carbocycles. The number of hydrogen-bond acceptors (Lipinski definition) is 6. The molecule has 0 radical (unpaired) electrons. The normalized spacial score (nSPS) is 30.8. The van der Waals surface area contributed by atoms with Gasteiger partial charge >= 0.3 is 11.9 Å². The van der Waals surface area contributed by atoms with Gasteiger partial charge in [0.05, 0.1) is 13.4 Å². The molecule has 27 heavy (non-hydrogen) atoms. The molecule has 0 atom stereocenters. The molecule has 4 saturated carbocycles. The second kappa shape index (κ2) is 7.02. The standard InChI is InChI=1S/C20H25NO6/c1-25-18(23)15-2-3-26-16(15)11-27-17(22)10-21-19(24)20-7-12-4-13(8-20)6-14(5-12)9-20/h2-3,12-14H,4-11H2,1H3,(H,21,24). The summed E-state index contributed by atoms with van der Waals surface area (Å²) in [6.07, 6.45) is 7.99. The van der Waals surface area contributed by atoms with Crippen LogP contribution >= 0.6 is 0 Å². The number of furan rings is 1. The van der Waals surface area contributed by atoms with E-state index >= 15 is 0 Å². The molecule has 4 bridgehead atoms. The van der Waals surface area contributed by atoms with Crippen molar-refractivity contribution in [3.63, 3.8) is 0 Å². The molecule has 4 fully saturated rings. The van der Waals surface area contributed by atoms with E-state index in [1.165, 1.54) is 38.7 Å². The maximum atomic E-state index is 12.8. The smallest absolute Gasteiger partial charge is 0.341 e. The number of carbonyl (C=O) groups excluding carboxylic acids is 3. The minimum absolute atomic E-state index is 0.00759. The fraction of sp³-hybridized carbons (Fsp3) is 0.650. The van der Waals surface area contributed by atoms with Gasteiger partial charge < -0.3 is 19.2 Å². The van der Waals surface area contributed by atoms with Gasteiger partial charge in [0.1, 0.15) is 18.7 Å². The average molecular weight is 375 g/mol. The Bertz CT molecular complexity index is 716. The lowest BCUT2D eigenvalue weighted by Crippen LogP contribution is -2.54. The van der Waals surface area contributed by atoms with Gasteiger partial charge in [-0.1, -0.05) is 0 Å². The van der Waals surface area contributed by atoms with E-state index in [1.807, 2.05) is 0 Å². The fourth-order valence-electron chi connectivity index (χ4n) is 5.67. The number of rotatable bonds is 6. The first-order valence-corrected chi connectivity index (χ1v) is 9.57. The van der Waals surface area contributed by atoms with Crippen molar-refractivity contribution in [3.8, 4) is 0 Å². The van der Waals surface area contributed by atoms with E-state index in [0.29, 0.717) is 17.8 Å². The molecular formula is C20H25NO6. The van der Waals surface area contributed by atoms with Crippen molar-refractivity contribution in [2.24, 2.45) is 23.2 Å². The zero-order valence-electron chi connectivity index (χ0n) is 15.5. The Morgan fingerprint density at radius 3 is 2.37 bits per heavy atom. The van der Waals surface area contributed by atoms with Crippen LogP contribution in [0.25, 0.3) is 0 Å². The average Bonchev–Trinajstić information content (AvgIpc) is 3.11. The summed E-state index contributed by atoms with van der Waals surface area (Å²) in [7, 11) is 1.27. The van der Waals surface area contributed by atoms with E-state index in [0.717, 1.165) is 19.3 Å². The van der Waals surface area contributed by atoms with Crippen LogP contribution in [0.5, 0.6) is 0 Å². The van der Waals surface area contributed by atoms with E-state index in [4.69, 9.17) is 9.15 Å². The molecule has 7 heteroatoms. The molecule has 5 rings (SSSR count). The summed E-state index contributed by atoms with van der Waals surface area (Å²) in [4.78, 5) is 36.4. The van der Waals surface area contributed by atoms with Crippen LogP contribution in [-0.2, 0) is 25.7 Å². The molecule has 0 aliphatic heterocycles. The number of ether oxygens (including phenoxy) is 2. The van der Waals surface area contributed by atoms with Crippen molar-refractivity contribution in [3.05, 3.63) is 23.7 Å². The van der Waals surface area contributed by atoms with Crippen LogP contribution in [0, 0.1) is 23.2 Å². The predicted octanol–water partition coefficient (Wildman–Crippen LogP) is 2.44. The topological polar surface area (TPSA) is 94.8 Å². The first-order valence-electron chi connectivity index (χ1n) is 9.57. The number of esters is 2. The Hall–Kier alpha value is -2.31. The summed E-state index contributed by atoms with van der Waals surface area (Å²) in [5, 5.41) is 2.78. The van der Waals surface area contributed by atoms with E-state index < -0.39 is 11.9 Å². The van der Waals surface area contributed by atoms with Crippen molar-refractivity contribution in [2.75, 3.05) is 13.7 Å². The number of carbonyl (C=O) groups is 3. The third kappa shape index (κ3) is 3.47. The first-order chi connectivity index (χ1) is 13.0. The van der Waals surface area contributed by atoms with Crippen LogP contribution in [0.15, 0.2) is 16.7 Å². The van der Waals surface area contributed by atoms with Crippen LogP contribution in [-0.4, -0.2) is 31.5 Å². The van der Waals surface area contributed by atoms with Gasteiger partial charge in [-0.15, -0.1) is 0 Å². The van der Waals surface area contributed by atoms with E-state index in [9.17, 15) is 14.4 Å². The molecule has 1 heterocycles. The third-order valence-corrected chi connectivity index (χ3v) is 6.43. The zero-order valence-corrected chi connectivity index (χ0v) is 15.5. The predicted molar refractivity (Wildman–Crippen MR) is 93.5 cm³/mol. The summed E-state index contributed by atoms with van der Waals surface area (Å²) in [5.41, 5.74) is -0.0587. The highest BCUT2D eigenvalue weighted by atomic mass is 16.5. The molecule has 146 valence electrons. The van der Waals surface area contributed by atoms with Gasteiger partial charge in [0.2, 0.25) is 5.91 Å². The minimum Gasteiger partial charge on any atom is -0.465 e. The number of hydrogen-bond donors (Lipinski definition) is 1. The van der Waals surface area contributed by atoms with Gasteiger partial charge in [-0.3, -0.25) is 9.59 Å². The quantitative estimate of drug-likeness (QED) is 0.768. The van der Waals surface area contributed by atoms with E-state index in [2.05, 4.69) is 10.1 Å². The van der Waals surface area contributed by atoms with Gasteiger partial charge in [0.25, 0.3) is 0 Å². The lowest BCUT2D eigenvalue weighted by molar-refractivity contribution is -0.151. The Kier molecular flexibility index (Phi) is 4.70. The summed E-state index contributed by atoms with van der Waals surface area (Å²) in [5.74, 6) is 1.12. The van der Waals surface area contributed by atoms with Crippen LogP contribution in [0.3, 0.4) is 0 Å². The van der Waals surface area contributed by atoms with Crippen molar-refractivity contribution in [1.82, 2.24) is 5.32 Å². The van der Waals surface area contributed by atoms with Gasteiger partial charge in [-0.05, 0) is 62.3 Å². The molecule has 0 unspecified atom stereocenters. The Labute approximate surface area is 157 Å². The summed E-state index contributed by atoms with van der Waals surface area (Å²) < 4.78 is 14.9. The molecule has 7 nitrogen and oxygen atoms in total.